The number of halogens is 4. The Hall–Kier alpha value is -6.70. The highest BCUT2D eigenvalue weighted by Crippen LogP contribution is 2.41. The number of benzene rings is 6. The molecule has 3 aliphatic rings. The normalized spacial score (nSPS) is 15.5. The van der Waals surface area contributed by atoms with Crippen molar-refractivity contribution in [2.75, 3.05) is 24.7 Å². The summed E-state index contributed by atoms with van der Waals surface area (Å²) in [7, 11) is -0.362. The van der Waals surface area contributed by atoms with E-state index in [1.54, 1.807) is 49.2 Å². The van der Waals surface area contributed by atoms with E-state index < -0.39 is 12.0 Å². The van der Waals surface area contributed by atoms with Gasteiger partial charge in [-0.25, -0.2) is 24.9 Å². The molecule has 0 spiro atoms. The number of allylic oxidation sites excluding steroid dienone is 2. The van der Waals surface area contributed by atoms with E-state index in [9.17, 15) is 24.3 Å². The zero-order chi connectivity index (χ0) is 89.6. The molecule has 17 nitrogen and oxygen atoms in total. The summed E-state index contributed by atoms with van der Waals surface area (Å²) in [6.07, 6.45) is 17.5. The number of aliphatic hydroxyl groups excluding tert-OH is 2. The third-order valence-electron chi connectivity index (χ3n) is 21.5. The topological polar surface area (TPSA) is 290 Å². The van der Waals surface area contributed by atoms with Gasteiger partial charge in [-0.3, -0.25) is 19.2 Å². The van der Waals surface area contributed by atoms with Gasteiger partial charge in [0.15, 0.2) is 17.3 Å². The van der Waals surface area contributed by atoms with Crippen LogP contribution in [0.1, 0.15) is 280 Å². The van der Waals surface area contributed by atoms with Crippen molar-refractivity contribution in [1.29, 1.82) is 0 Å². The molecule has 0 bridgehead atoms. The van der Waals surface area contributed by atoms with Crippen molar-refractivity contribution in [3.8, 4) is 11.3 Å². The Balaban J connectivity index is 0.000000194. The molecule has 4 aromatic heterocycles. The van der Waals surface area contributed by atoms with Crippen LogP contribution in [0.15, 0.2) is 206 Å². The number of aromatic nitrogens is 5. The van der Waals surface area contributed by atoms with Crippen LogP contribution in [0.3, 0.4) is 0 Å². The molecule has 26 heteroatoms. The smallest absolute Gasteiger partial charge is 0.480 e. The fourth-order valence-electron chi connectivity index (χ4n) is 13.0. The summed E-state index contributed by atoms with van der Waals surface area (Å²) in [5.41, 5.74) is 30.1. The molecule has 9 N–H and O–H groups in total. The van der Waals surface area contributed by atoms with Crippen LogP contribution < -0.4 is 22.7 Å². The van der Waals surface area contributed by atoms with Crippen LogP contribution in [0.2, 0.25) is 0 Å². The number of thiazole rings is 3. The number of carbonyl (C=O) groups is 4. The molecule has 1 saturated heterocycles. The van der Waals surface area contributed by atoms with E-state index in [0.29, 0.717) is 23.3 Å². The Morgan fingerprint density at radius 1 is 0.484 bits per heavy atom. The number of nitrogens with two attached hydrogens (primary N) is 3. The molecule has 6 atom stereocenters. The van der Waals surface area contributed by atoms with Gasteiger partial charge in [-0.1, -0.05) is 250 Å². The lowest BCUT2D eigenvalue weighted by Gasteiger charge is -2.32. The van der Waals surface area contributed by atoms with Crippen LogP contribution in [0.25, 0.3) is 17.3 Å². The molecule has 122 heavy (non-hydrogen) atoms. The van der Waals surface area contributed by atoms with Crippen LogP contribution in [-0.4, -0.2) is 107 Å². The summed E-state index contributed by atoms with van der Waals surface area (Å²) in [4.78, 5) is 73.5. The van der Waals surface area contributed by atoms with Gasteiger partial charge in [-0.15, -0.1) is 34.0 Å². The summed E-state index contributed by atoms with van der Waals surface area (Å²) in [5, 5.41) is 30.3. The monoisotopic (exact) mass is 1980 g/mol. The average molecular weight is 1990 g/mol. The quantitative estimate of drug-likeness (QED) is 0.0242. The molecule has 1 aliphatic carbocycles. The van der Waals surface area contributed by atoms with E-state index in [-0.39, 0.29) is 101 Å². The second-order valence-electron chi connectivity index (χ2n) is 34.5. The zero-order valence-electron chi connectivity index (χ0n) is 72.8. The number of carboxylic acids is 1. The van der Waals surface area contributed by atoms with Gasteiger partial charge in [0.2, 0.25) is 0 Å². The van der Waals surface area contributed by atoms with E-state index in [2.05, 4.69) is 260 Å². The number of carbonyl (C=O) groups excluding carboxylic acids is 3. The highest BCUT2D eigenvalue weighted by Gasteiger charge is 2.52. The number of Topliss-reactive ketones (excluding diaryl/α,β-unsaturated/α-hetero) is 3. The maximum atomic E-state index is 12.9. The van der Waals surface area contributed by atoms with Gasteiger partial charge in [0, 0.05) is 107 Å². The van der Waals surface area contributed by atoms with Crippen molar-refractivity contribution < 1.29 is 43.8 Å². The maximum Gasteiger partial charge on any atom is 0.494 e. The number of fused-ring (bicyclic) bond motifs is 1. The zero-order valence-corrected chi connectivity index (χ0v) is 82.4. The van der Waals surface area contributed by atoms with Crippen LogP contribution >= 0.6 is 109 Å². The number of aliphatic hydroxyl groups is 2. The maximum absolute atomic E-state index is 12.9. The Bertz CT molecular complexity index is 5050. The number of hydrogen-bond donors (Lipinski definition) is 6. The molecular formula is C96H117BBr4N8O9S4. The van der Waals surface area contributed by atoms with E-state index in [1.807, 2.05) is 84.6 Å². The van der Waals surface area contributed by atoms with Gasteiger partial charge in [-0.05, 0) is 176 Å². The van der Waals surface area contributed by atoms with Crippen molar-refractivity contribution in [3.63, 3.8) is 0 Å². The highest BCUT2D eigenvalue weighted by atomic mass is 79.9. The van der Waals surface area contributed by atoms with Gasteiger partial charge in [0.1, 0.15) is 12.4 Å². The van der Waals surface area contributed by atoms with Crippen molar-refractivity contribution >= 4 is 151 Å². The molecule has 0 saturated carbocycles. The van der Waals surface area contributed by atoms with Crippen molar-refractivity contribution in [2.24, 2.45) is 17.2 Å². The van der Waals surface area contributed by atoms with Gasteiger partial charge in [0.05, 0.1) is 71.5 Å². The minimum atomic E-state index is -1.02. The van der Waals surface area contributed by atoms with Gasteiger partial charge in [-0.2, -0.15) is 11.8 Å². The molecule has 2 aliphatic heterocycles. The average Bonchev–Trinajstić information content (AvgIpc) is 1.62. The van der Waals surface area contributed by atoms with E-state index in [1.165, 1.54) is 73.2 Å². The molecule has 6 unspecified atom stereocenters. The van der Waals surface area contributed by atoms with Crippen LogP contribution in [0.4, 0.5) is 0 Å². The fraction of sp³-hybridized carbons (Fsp3) is 0.406. The summed E-state index contributed by atoms with van der Waals surface area (Å²) in [6.45, 7) is 33.5. The predicted octanol–water partition coefficient (Wildman–Crippen LogP) is 23.6. The van der Waals surface area contributed by atoms with E-state index in [4.69, 9.17) is 36.7 Å². The molecular weight excluding hydrogens is 1870 g/mol. The van der Waals surface area contributed by atoms with Crippen molar-refractivity contribution in [2.45, 2.75) is 225 Å². The second kappa shape index (κ2) is 46.2. The molecule has 10 aromatic rings. The first-order valence-corrected chi connectivity index (χ1v) is 47.9. The molecule has 6 heterocycles. The lowest BCUT2D eigenvalue weighted by molar-refractivity contribution is -0.138. The first kappa shape index (κ1) is 101. The van der Waals surface area contributed by atoms with Crippen LogP contribution in [-0.2, 0) is 36.8 Å². The minimum Gasteiger partial charge on any atom is -0.480 e. The molecule has 650 valence electrons. The third-order valence-corrected chi connectivity index (χ3v) is 28.9. The SMILES string of the molecule is CC(C)(C)c1ncc(C(=O)CC(CO)c2ccc(-c3ncnc4c3CC(C3=CCSCC3)=C4)cc2)s1.CCC(CC(=O)c1cnc(C(C)(C)C)s1)c1ccc(B2OC(C)(C)C(C)(C)O2)cc1.CCC(CC(=O)c1cnc(C(C)(C)C)s1)c1ccc(Br)cc1.CCC(N)c1ccc(Br)cc1.NC(C(=O)O)c1ccc(Br)cc1.NC(CO)c1ccc(Br)cc1. The Kier molecular flexibility index (Phi) is 38.1. The third kappa shape index (κ3) is 29.2. The lowest BCUT2D eigenvalue weighted by atomic mass is 9.78. The van der Waals surface area contributed by atoms with Crippen molar-refractivity contribution in [1.82, 2.24) is 24.9 Å². The lowest BCUT2D eigenvalue weighted by Crippen LogP contribution is -2.41. The number of ketones is 3. The molecule has 0 radical (unpaired) electrons. The van der Waals surface area contributed by atoms with Gasteiger partial charge in [0.25, 0.3) is 0 Å². The minimum absolute atomic E-state index is 0.000931. The second-order valence-corrected chi connectivity index (χ2v) is 42.4. The number of hydrogen-bond acceptors (Lipinski definition) is 20. The number of thioether (sulfide) groups is 1. The number of carboxylic acid groups (broad SMARTS) is 1. The Morgan fingerprint density at radius 2 is 0.861 bits per heavy atom. The number of rotatable bonds is 24. The fourth-order valence-corrected chi connectivity index (χ4v) is 17.7. The number of aliphatic carboxylic acids is 1. The molecule has 0 amide bonds. The molecule has 1 fully saturated rings. The standard InChI is InChI=1S/C29H31N3O2S2.C24H34BNO3S.C18H22BrNOS.C9H12BrN.C8H8BrNO2.C8H10BrNO/c1-29(2,3)28-30-15-26(36-28)25(34)14-22(16-33)18-4-6-20(7-5-18)27-23-12-21(13-24(23)31-17-32-27)19-8-10-35-11-9-19;1-9-16(14-19(27)20-15-26-21(30-20)22(2,3)4)17-10-12-18(13-11-17)25-28-23(5,6)24(7,8)29-25;1-5-12(13-6-8-14(19)9-7-13)10-15(21)16-11-20-17(22-16)18(2,3)4;1-2-9(11)7-3-5-8(10)6-4-7;9-6-3-1-5(2-4-6)7(10)8(11)12;9-7-3-1-6(2-4-7)8(10)5-11/h4-8,13,15,17,22,33H,9-12,14,16H2,1-3H3;10-13,15-16H,9,14H2,1-8H3;6-9,11-12H,5,10H2,1-4H3;3-6,9H,2,11H2,1H3;1-4,7H,10H2,(H,11,12);1-4,8,11H,5,10H2. The van der Waals surface area contributed by atoms with E-state index in [0.717, 1.165) is 114 Å². The summed E-state index contributed by atoms with van der Waals surface area (Å²) >= 11 is 19.9. The number of nitrogens with zero attached hydrogens (tertiary/aromatic N) is 5. The molecule has 13 rings (SSSR count). The van der Waals surface area contributed by atoms with E-state index >= 15 is 0 Å². The Morgan fingerprint density at radius 3 is 1.22 bits per heavy atom. The summed E-state index contributed by atoms with van der Waals surface area (Å²) < 4.78 is 16.4. The largest absolute Gasteiger partial charge is 0.494 e. The van der Waals surface area contributed by atoms with Gasteiger partial charge >= 0.3 is 13.1 Å². The predicted molar refractivity (Wildman–Crippen MR) is 519 cm³/mol. The first-order valence-electron chi connectivity index (χ1n) is 41.2. The van der Waals surface area contributed by atoms with Crippen LogP contribution in [0, 0.1) is 0 Å². The summed E-state index contributed by atoms with van der Waals surface area (Å²) in [6, 6.07) is 46.3. The summed E-state index contributed by atoms with van der Waals surface area (Å²) in [5.74, 6) is 1.82. The molecule has 6 aromatic carbocycles. The van der Waals surface area contributed by atoms with Gasteiger partial charge < -0.3 is 41.8 Å². The highest BCUT2D eigenvalue weighted by molar-refractivity contribution is 9.11. The Labute approximate surface area is 772 Å². The van der Waals surface area contributed by atoms with Crippen LogP contribution in [0.5, 0.6) is 0 Å². The van der Waals surface area contributed by atoms with Crippen molar-refractivity contribution in [3.05, 3.63) is 280 Å². The first-order chi connectivity index (χ1) is 57.6.